The maximum absolute atomic E-state index is 13.8. The Morgan fingerprint density at radius 2 is 1.79 bits per heavy atom. The molecule has 2 aromatic rings. The van der Waals surface area contributed by atoms with Crippen molar-refractivity contribution in [2.45, 2.75) is 0 Å². The van der Waals surface area contributed by atoms with Crippen molar-refractivity contribution >= 4 is 12.0 Å². The van der Waals surface area contributed by atoms with Gasteiger partial charge in [0.15, 0.2) is 0 Å². The van der Waals surface area contributed by atoms with Crippen LogP contribution >= 0.6 is 0 Å². The molecule has 4 heteroatoms. The highest BCUT2D eigenvalue weighted by Crippen LogP contribution is 2.24. The minimum absolute atomic E-state index is 0.141. The van der Waals surface area contributed by atoms with Gasteiger partial charge < -0.3 is 5.11 Å². The van der Waals surface area contributed by atoms with E-state index in [1.165, 1.54) is 18.2 Å². The Hall–Kier alpha value is -2.49. The van der Waals surface area contributed by atoms with Crippen LogP contribution in [-0.4, -0.2) is 11.1 Å². The molecular formula is C15H10F2O2. The predicted molar refractivity (Wildman–Crippen MR) is 68.5 cm³/mol. The molecule has 0 heterocycles. The van der Waals surface area contributed by atoms with Gasteiger partial charge in [0, 0.05) is 17.2 Å². The predicted octanol–water partition coefficient (Wildman–Crippen LogP) is 3.73. The zero-order chi connectivity index (χ0) is 13.8. The highest BCUT2D eigenvalue weighted by molar-refractivity contribution is 5.85. The summed E-state index contributed by atoms with van der Waals surface area (Å²) in [4.78, 5) is 10.4. The Morgan fingerprint density at radius 1 is 1.05 bits per heavy atom. The Bertz CT molecular complexity index is 648. The van der Waals surface area contributed by atoms with Crippen molar-refractivity contribution in [1.82, 2.24) is 0 Å². The molecule has 0 aromatic heterocycles. The lowest BCUT2D eigenvalue weighted by Gasteiger charge is -2.05. The second-order valence-electron chi connectivity index (χ2n) is 3.89. The Labute approximate surface area is 108 Å². The molecule has 0 saturated heterocycles. The van der Waals surface area contributed by atoms with Crippen LogP contribution in [0, 0.1) is 11.6 Å². The molecule has 0 unspecified atom stereocenters. The zero-order valence-electron chi connectivity index (χ0n) is 9.81. The van der Waals surface area contributed by atoms with Crippen molar-refractivity contribution in [2.24, 2.45) is 0 Å². The van der Waals surface area contributed by atoms with Crippen LogP contribution in [0.1, 0.15) is 5.56 Å². The highest BCUT2D eigenvalue weighted by Gasteiger charge is 2.07. The van der Waals surface area contributed by atoms with Crippen LogP contribution in [0.25, 0.3) is 17.2 Å². The second-order valence-corrected chi connectivity index (χ2v) is 3.89. The van der Waals surface area contributed by atoms with Gasteiger partial charge in [0.05, 0.1) is 0 Å². The summed E-state index contributed by atoms with van der Waals surface area (Å²) in [5.41, 5.74) is 0.848. The molecule has 0 bridgehead atoms. The molecule has 0 saturated carbocycles. The first kappa shape index (κ1) is 13.0. The summed E-state index contributed by atoms with van der Waals surface area (Å²) < 4.78 is 27.3. The molecule has 0 spiro atoms. The Kier molecular flexibility index (Phi) is 3.71. The normalized spacial score (nSPS) is 10.8. The fraction of sp³-hybridized carbons (Fsp3) is 0. The van der Waals surface area contributed by atoms with Gasteiger partial charge in [-0.3, -0.25) is 0 Å². The summed E-state index contributed by atoms with van der Waals surface area (Å²) >= 11 is 0. The van der Waals surface area contributed by atoms with E-state index in [9.17, 15) is 13.6 Å². The molecule has 0 fully saturated rings. The minimum atomic E-state index is -1.16. The van der Waals surface area contributed by atoms with Crippen LogP contribution in [0.2, 0.25) is 0 Å². The molecule has 0 atom stereocenters. The lowest BCUT2D eigenvalue weighted by atomic mass is 10.0. The monoisotopic (exact) mass is 260 g/mol. The van der Waals surface area contributed by atoms with E-state index in [0.717, 1.165) is 12.2 Å². The highest BCUT2D eigenvalue weighted by atomic mass is 19.1. The van der Waals surface area contributed by atoms with Gasteiger partial charge in [0.1, 0.15) is 11.6 Å². The number of hydrogen-bond acceptors (Lipinski definition) is 1. The number of aliphatic carboxylic acids is 1. The summed E-state index contributed by atoms with van der Waals surface area (Å²) in [7, 11) is 0. The van der Waals surface area contributed by atoms with E-state index in [1.54, 1.807) is 24.3 Å². The third-order valence-electron chi connectivity index (χ3n) is 2.59. The average Bonchev–Trinajstić information content (AvgIpc) is 2.37. The number of benzene rings is 2. The summed E-state index contributed by atoms with van der Waals surface area (Å²) in [5.74, 6) is -2.19. The van der Waals surface area contributed by atoms with Crippen molar-refractivity contribution in [3.05, 3.63) is 65.7 Å². The first-order valence-electron chi connectivity index (χ1n) is 5.53. The van der Waals surface area contributed by atoms with E-state index in [2.05, 4.69) is 0 Å². The maximum Gasteiger partial charge on any atom is 0.328 e. The summed E-state index contributed by atoms with van der Waals surface area (Å²) in [6.45, 7) is 0. The number of carbonyl (C=O) groups is 1. The number of hydrogen-bond donors (Lipinski definition) is 1. The number of carboxylic acid groups (broad SMARTS) is 1. The molecule has 0 aliphatic rings. The van der Waals surface area contributed by atoms with Crippen molar-refractivity contribution in [3.63, 3.8) is 0 Å². The van der Waals surface area contributed by atoms with Gasteiger partial charge in [-0.1, -0.05) is 30.3 Å². The van der Waals surface area contributed by atoms with Gasteiger partial charge in [-0.2, -0.15) is 0 Å². The van der Waals surface area contributed by atoms with Crippen LogP contribution in [-0.2, 0) is 4.79 Å². The third-order valence-corrected chi connectivity index (χ3v) is 2.59. The maximum atomic E-state index is 13.8. The van der Waals surface area contributed by atoms with Gasteiger partial charge >= 0.3 is 5.97 Å². The van der Waals surface area contributed by atoms with Crippen molar-refractivity contribution in [1.29, 1.82) is 0 Å². The molecular weight excluding hydrogens is 250 g/mol. The SMILES string of the molecule is O=C(O)/C=C/c1ccc(-c2ccccc2F)cc1F. The molecule has 0 aliphatic carbocycles. The lowest BCUT2D eigenvalue weighted by molar-refractivity contribution is -0.131. The summed E-state index contributed by atoms with van der Waals surface area (Å²) in [6.07, 6.45) is 2.00. The molecule has 0 amide bonds. The smallest absolute Gasteiger partial charge is 0.328 e. The molecule has 2 rings (SSSR count). The molecule has 19 heavy (non-hydrogen) atoms. The number of halogens is 2. The molecule has 2 aromatic carbocycles. The minimum Gasteiger partial charge on any atom is -0.478 e. The van der Waals surface area contributed by atoms with E-state index >= 15 is 0 Å². The Balaban J connectivity index is 2.39. The van der Waals surface area contributed by atoms with E-state index in [-0.39, 0.29) is 5.56 Å². The third kappa shape index (κ3) is 3.04. The first-order valence-corrected chi connectivity index (χ1v) is 5.53. The quantitative estimate of drug-likeness (QED) is 0.854. The van der Waals surface area contributed by atoms with E-state index in [1.807, 2.05) is 0 Å². The number of carboxylic acids is 1. The summed E-state index contributed by atoms with van der Waals surface area (Å²) in [5, 5.41) is 8.48. The fourth-order valence-corrected chi connectivity index (χ4v) is 1.69. The molecule has 0 aliphatic heterocycles. The molecule has 1 N–H and O–H groups in total. The van der Waals surface area contributed by atoms with Crippen molar-refractivity contribution < 1.29 is 18.7 Å². The zero-order valence-corrected chi connectivity index (χ0v) is 9.81. The van der Waals surface area contributed by atoms with Crippen LogP contribution in [0.4, 0.5) is 8.78 Å². The van der Waals surface area contributed by atoms with E-state index in [0.29, 0.717) is 11.1 Å². The topological polar surface area (TPSA) is 37.3 Å². The van der Waals surface area contributed by atoms with E-state index < -0.39 is 17.6 Å². The van der Waals surface area contributed by atoms with Gasteiger partial charge in [0.25, 0.3) is 0 Å². The summed E-state index contributed by atoms with van der Waals surface area (Å²) in [6, 6.07) is 10.2. The van der Waals surface area contributed by atoms with Crippen LogP contribution < -0.4 is 0 Å². The van der Waals surface area contributed by atoms with Crippen molar-refractivity contribution in [3.8, 4) is 11.1 Å². The standard InChI is InChI=1S/C15H10F2O2/c16-13-4-2-1-3-12(13)11-6-5-10(14(17)9-11)7-8-15(18)19/h1-9H,(H,18,19)/b8-7+. The van der Waals surface area contributed by atoms with Crippen LogP contribution in [0.5, 0.6) is 0 Å². The fourth-order valence-electron chi connectivity index (χ4n) is 1.69. The molecule has 0 radical (unpaired) electrons. The number of rotatable bonds is 3. The van der Waals surface area contributed by atoms with Gasteiger partial charge in [0.2, 0.25) is 0 Å². The Morgan fingerprint density at radius 3 is 2.42 bits per heavy atom. The largest absolute Gasteiger partial charge is 0.478 e. The molecule has 2 nitrogen and oxygen atoms in total. The lowest BCUT2D eigenvalue weighted by Crippen LogP contribution is -1.90. The van der Waals surface area contributed by atoms with Crippen LogP contribution in [0.3, 0.4) is 0 Å². The van der Waals surface area contributed by atoms with Crippen LogP contribution in [0.15, 0.2) is 48.5 Å². The van der Waals surface area contributed by atoms with Gasteiger partial charge in [-0.05, 0) is 23.8 Å². The van der Waals surface area contributed by atoms with Crippen molar-refractivity contribution in [2.75, 3.05) is 0 Å². The van der Waals surface area contributed by atoms with Gasteiger partial charge in [-0.25, -0.2) is 13.6 Å². The van der Waals surface area contributed by atoms with E-state index in [4.69, 9.17) is 5.11 Å². The second kappa shape index (κ2) is 5.44. The first-order chi connectivity index (χ1) is 9.08. The average molecular weight is 260 g/mol. The molecule has 96 valence electrons. The van der Waals surface area contributed by atoms with Gasteiger partial charge in [-0.15, -0.1) is 0 Å².